The minimum absolute atomic E-state index is 0.0650. The zero-order valence-corrected chi connectivity index (χ0v) is 17.1. The van der Waals surface area contributed by atoms with Gasteiger partial charge in [0.15, 0.2) is 0 Å². The Morgan fingerprint density at radius 2 is 2.04 bits per heavy atom. The molecule has 2 aromatic carbocycles. The summed E-state index contributed by atoms with van der Waals surface area (Å²) in [5.41, 5.74) is 3.63. The summed E-state index contributed by atoms with van der Waals surface area (Å²) >= 11 is 3.14. The molecule has 0 saturated heterocycles. The van der Waals surface area contributed by atoms with Crippen molar-refractivity contribution in [3.8, 4) is 0 Å². The van der Waals surface area contributed by atoms with E-state index < -0.39 is 0 Å². The normalized spacial score (nSPS) is 13.3. The van der Waals surface area contributed by atoms with Crippen molar-refractivity contribution in [1.29, 1.82) is 0 Å². The number of carbonyl (C=O) groups excluding carboxylic acids is 2. The molecule has 0 saturated carbocycles. The minimum Gasteiger partial charge on any atom is -0.347 e. The highest BCUT2D eigenvalue weighted by molar-refractivity contribution is 8.00. The third kappa shape index (κ3) is 4.13. The number of carbonyl (C=O) groups is 2. The molecule has 1 aromatic heterocycles. The van der Waals surface area contributed by atoms with Gasteiger partial charge in [-0.05, 0) is 42.1 Å². The van der Waals surface area contributed by atoms with Crippen molar-refractivity contribution in [3.05, 3.63) is 81.5 Å². The molecule has 2 amide bonds. The summed E-state index contributed by atoms with van der Waals surface area (Å²) in [6.45, 7) is 3.06. The van der Waals surface area contributed by atoms with E-state index in [0.29, 0.717) is 24.4 Å². The Morgan fingerprint density at radius 3 is 2.82 bits per heavy atom. The number of thioether (sulfide) groups is 1. The summed E-state index contributed by atoms with van der Waals surface area (Å²) in [5.74, 6) is 0.354. The smallest absolute Gasteiger partial charge is 0.251 e. The summed E-state index contributed by atoms with van der Waals surface area (Å²) in [6, 6.07) is 17.7. The lowest BCUT2D eigenvalue weighted by atomic mass is 10.1. The van der Waals surface area contributed by atoms with Crippen LogP contribution in [0.3, 0.4) is 0 Å². The van der Waals surface area contributed by atoms with Crippen molar-refractivity contribution >= 4 is 40.6 Å². The maximum Gasteiger partial charge on any atom is 0.251 e. The molecule has 4 nitrogen and oxygen atoms in total. The molecule has 1 aliphatic heterocycles. The van der Waals surface area contributed by atoms with Gasteiger partial charge >= 0.3 is 0 Å². The molecule has 1 N–H and O–H groups in total. The number of aryl methyl sites for hydroxylation is 1. The highest BCUT2D eigenvalue weighted by Gasteiger charge is 2.26. The summed E-state index contributed by atoms with van der Waals surface area (Å²) in [4.78, 5) is 29.1. The number of rotatable bonds is 5. The number of hydrogen-bond acceptors (Lipinski definition) is 4. The molecule has 142 valence electrons. The molecule has 3 aromatic rings. The number of thiophene rings is 1. The molecular formula is C22H20N2O2S2. The van der Waals surface area contributed by atoms with Crippen molar-refractivity contribution in [3.63, 3.8) is 0 Å². The van der Waals surface area contributed by atoms with E-state index in [2.05, 4.69) is 11.4 Å². The van der Waals surface area contributed by atoms with E-state index in [0.717, 1.165) is 21.0 Å². The van der Waals surface area contributed by atoms with Crippen molar-refractivity contribution in [1.82, 2.24) is 5.32 Å². The standard InChI is InChI=1S/C22H20N2O2S2/c1-15-4-2-5-16(10-15)13-24-19-11-17(7-8-20(19)28-14-21(24)25)22(26)23-12-18-6-3-9-27-18/h2-11H,12-14H2,1H3,(H,23,26). The lowest BCUT2D eigenvalue weighted by Gasteiger charge is -2.29. The van der Waals surface area contributed by atoms with Crippen LogP contribution in [0.1, 0.15) is 26.4 Å². The van der Waals surface area contributed by atoms with Gasteiger partial charge in [-0.25, -0.2) is 0 Å². The second-order valence-corrected chi connectivity index (χ2v) is 8.75. The Hall–Kier alpha value is -2.57. The van der Waals surface area contributed by atoms with E-state index >= 15 is 0 Å². The lowest BCUT2D eigenvalue weighted by molar-refractivity contribution is -0.116. The highest BCUT2D eigenvalue weighted by Crippen LogP contribution is 2.37. The molecule has 0 bridgehead atoms. The van der Waals surface area contributed by atoms with Gasteiger partial charge in [-0.15, -0.1) is 23.1 Å². The third-order valence-electron chi connectivity index (χ3n) is 4.59. The number of amides is 2. The van der Waals surface area contributed by atoms with Crippen LogP contribution in [-0.2, 0) is 17.9 Å². The first kappa shape index (κ1) is 18.8. The minimum atomic E-state index is -0.130. The average molecular weight is 409 g/mol. The Labute approximate surface area is 172 Å². The molecule has 6 heteroatoms. The molecule has 0 unspecified atom stereocenters. The second-order valence-electron chi connectivity index (χ2n) is 6.70. The first-order valence-electron chi connectivity index (χ1n) is 9.03. The SMILES string of the molecule is Cc1cccc(CN2C(=O)CSc3ccc(C(=O)NCc4cccs4)cc32)c1. The zero-order chi connectivity index (χ0) is 19.5. The number of nitrogens with zero attached hydrogens (tertiary/aromatic N) is 1. The first-order chi connectivity index (χ1) is 13.6. The average Bonchev–Trinajstić information content (AvgIpc) is 3.22. The fourth-order valence-corrected chi connectivity index (χ4v) is 4.75. The van der Waals surface area contributed by atoms with E-state index in [-0.39, 0.29) is 11.8 Å². The van der Waals surface area contributed by atoms with Gasteiger partial charge in [0.05, 0.1) is 24.5 Å². The fourth-order valence-electron chi connectivity index (χ4n) is 3.19. The molecule has 0 radical (unpaired) electrons. The second kappa shape index (κ2) is 8.20. The van der Waals surface area contributed by atoms with Crippen LogP contribution in [0.5, 0.6) is 0 Å². The van der Waals surface area contributed by atoms with E-state index in [9.17, 15) is 9.59 Å². The summed E-state index contributed by atoms with van der Waals surface area (Å²) in [5, 5.41) is 4.95. The number of hydrogen-bond donors (Lipinski definition) is 1. The van der Waals surface area contributed by atoms with Gasteiger partial charge in [0, 0.05) is 15.3 Å². The number of anilines is 1. The van der Waals surface area contributed by atoms with Crippen molar-refractivity contribution in [2.24, 2.45) is 0 Å². The summed E-state index contributed by atoms with van der Waals surface area (Å²) in [6.07, 6.45) is 0. The van der Waals surface area contributed by atoms with Gasteiger partial charge in [-0.2, -0.15) is 0 Å². The monoisotopic (exact) mass is 408 g/mol. The summed E-state index contributed by atoms with van der Waals surface area (Å²) < 4.78 is 0. The van der Waals surface area contributed by atoms with Crippen LogP contribution in [0.2, 0.25) is 0 Å². The Morgan fingerprint density at radius 1 is 1.14 bits per heavy atom. The van der Waals surface area contributed by atoms with E-state index in [4.69, 9.17) is 0 Å². The van der Waals surface area contributed by atoms with Crippen molar-refractivity contribution in [2.45, 2.75) is 24.9 Å². The largest absolute Gasteiger partial charge is 0.347 e. The molecule has 0 aliphatic carbocycles. The van der Waals surface area contributed by atoms with Crippen LogP contribution in [0.4, 0.5) is 5.69 Å². The van der Waals surface area contributed by atoms with E-state index in [1.54, 1.807) is 16.2 Å². The van der Waals surface area contributed by atoms with Gasteiger partial charge in [0.2, 0.25) is 5.91 Å². The number of fused-ring (bicyclic) bond motifs is 1. The van der Waals surface area contributed by atoms with Crippen LogP contribution in [0.15, 0.2) is 64.9 Å². The van der Waals surface area contributed by atoms with Crippen molar-refractivity contribution < 1.29 is 9.59 Å². The molecule has 28 heavy (non-hydrogen) atoms. The van der Waals surface area contributed by atoms with Crippen LogP contribution < -0.4 is 10.2 Å². The van der Waals surface area contributed by atoms with Crippen molar-refractivity contribution in [2.75, 3.05) is 10.7 Å². The maximum absolute atomic E-state index is 12.6. The number of nitrogens with one attached hydrogen (secondary N) is 1. The van der Waals surface area contributed by atoms with Gasteiger partial charge in [-0.1, -0.05) is 35.9 Å². The van der Waals surface area contributed by atoms with E-state index in [1.165, 1.54) is 17.3 Å². The number of benzene rings is 2. The van der Waals surface area contributed by atoms with Crippen LogP contribution in [-0.4, -0.2) is 17.6 Å². The van der Waals surface area contributed by atoms with E-state index in [1.807, 2.05) is 60.8 Å². The molecule has 1 aliphatic rings. The Balaban J connectivity index is 1.57. The molecule has 4 rings (SSSR count). The third-order valence-corrected chi connectivity index (χ3v) is 6.51. The van der Waals surface area contributed by atoms with Gasteiger partial charge in [0.1, 0.15) is 0 Å². The van der Waals surface area contributed by atoms with Gasteiger partial charge < -0.3 is 10.2 Å². The quantitative estimate of drug-likeness (QED) is 0.670. The van der Waals surface area contributed by atoms with Gasteiger partial charge in [0.25, 0.3) is 5.91 Å². The first-order valence-corrected chi connectivity index (χ1v) is 10.9. The Bertz CT molecular complexity index is 1020. The molecule has 0 spiro atoms. The van der Waals surface area contributed by atoms with Crippen LogP contribution in [0, 0.1) is 6.92 Å². The Kier molecular flexibility index (Phi) is 5.50. The highest BCUT2D eigenvalue weighted by atomic mass is 32.2. The topological polar surface area (TPSA) is 49.4 Å². The lowest BCUT2D eigenvalue weighted by Crippen LogP contribution is -2.35. The fraction of sp³-hybridized carbons (Fsp3) is 0.182. The molecule has 2 heterocycles. The van der Waals surface area contributed by atoms with Crippen LogP contribution in [0.25, 0.3) is 0 Å². The predicted octanol–water partition coefficient (Wildman–Crippen LogP) is 4.63. The predicted molar refractivity (Wildman–Crippen MR) is 115 cm³/mol. The summed E-state index contributed by atoms with van der Waals surface area (Å²) in [7, 11) is 0. The van der Waals surface area contributed by atoms with Crippen LogP contribution >= 0.6 is 23.1 Å². The van der Waals surface area contributed by atoms with Gasteiger partial charge in [-0.3, -0.25) is 9.59 Å². The zero-order valence-electron chi connectivity index (χ0n) is 15.5. The molecule has 0 fully saturated rings. The molecular weight excluding hydrogens is 388 g/mol. The molecule has 0 atom stereocenters. The maximum atomic E-state index is 12.6.